The summed E-state index contributed by atoms with van der Waals surface area (Å²) < 4.78 is 17.9. The van der Waals surface area contributed by atoms with E-state index < -0.39 is 11.7 Å². The molecule has 0 aliphatic rings. The first-order chi connectivity index (χ1) is 8.86. The van der Waals surface area contributed by atoms with E-state index in [1.54, 1.807) is 14.0 Å². The minimum Gasteiger partial charge on any atom is -0.469 e. The van der Waals surface area contributed by atoms with Gasteiger partial charge in [-0.05, 0) is 34.1 Å². The molecule has 1 rings (SSSR count). The molecule has 19 heavy (non-hydrogen) atoms. The van der Waals surface area contributed by atoms with Crippen molar-refractivity contribution in [2.45, 2.75) is 6.92 Å². The highest BCUT2D eigenvalue weighted by Gasteiger charge is 2.20. The maximum atomic E-state index is 13.1. The van der Waals surface area contributed by atoms with Crippen LogP contribution in [-0.2, 0) is 9.53 Å². The number of amides is 1. The summed E-state index contributed by atoms with van der Waals surface area (Å²) in [6.07, 6.45) is 0. The van der Waals surface area contributed by atoms with Crippen LogP contribution in [0.5, 0.6) is 0 Å². The van der Waals surface area contributed by atoms with Crippen molar-refractivity contribution in [1.29, 1.82) is 0 Å². The zero-order valence-corrected chi connectivity index (χ0v) is 12.5. The normalized spacial score (nSPS) is 11.8. The van der Waals surface area contributed by atoms with Gasteiger partial charge in [0.05, 0.1) is 17.5 Å². The van der Waals surface area contributed by atoms with Crippen LogP contribution in [0.2, 0.25) is 0 Å². The van der Waals surface area contributed by atoms with E-state index in [4.69, 9.17) is 0 Å². The molecule has 1 aromatic carbocycles. The SMILES string of the molecule is COC(=O)C(C)CN(C)C(=O)c1ccc(F)c(Br)c1. The van der Waals surface area contributed by atoms with Crippen LogP contribution in [0.3, 0.4) is 0 Å². The van der Waals surface area contributed by atoms with Gasteiger partial charge in [-0.2, -0.15) is 0 Å². The molecule has 0 saturated carbocycles. The van der Waals surface area contributed by atoms with Gasteiger partial charge in [0.25, 0.3) is 5.91 Å². The van der Waals surface area contributed by atoms with Gasteiger partial charge in [0.15, 0.2) is 0 Å². The maximum Gasteiger partial charge on any atom is 0.310 e. The summed E-state index contributed by atoms with van der Waals surface area (Å²) in [6.45, 7) is 1.91. The highest BCUT2D eigenvalue weighted by molar-refractivity contribution is 9.10. The third-order valence-corrected chi connectivity index (χ3v) is 3.27. The molecule has 0 N–H and O–H groups in total. The molecule has 1 atom stereocenters. The third kappa shape index (κ3) is 4.02. The van der Waals surface area contributed by atoms with E-state index in [0.717, 1.165) is 0 Å². The summed E-state index contributed by atoms with van der Waals surface area (Å²) in [5.41, 5.74) is 0.354. The number of hydrogen-bond donors (Lipinski definition) is 0. The lowest BCUT2D eigenvalue weighted by atomic mass is 10.1. The second-order valence-corrected chi connectivity index (χ2v) is 5.09. The van der Waals surface area contributed by atoms with E-state index in [2.05, 4.69) is 20.7 Å². The van der Waals surface area contributed by atoms with Gasteiger partial charge in [0.1, 0.15) is 5.82 Å². The summed E-state index contributed by atoms with van der Waals surface area (Å²) in [7, 11) is 2.89. The highest BCUT2D eigenvalue weighted by Crippen LogP contribution is 2.18. The Morgan fingerprint density at radius 3 is 2.63 bits per heavy atom. The van der Waals surface area contributed by atoms with E-state index in [-0.39, 0.29) is 22.9 Å². The Hall–Kier alpha value is -1.43. The number of halogens is 2. The molecular formula is C13H15BrFNO3. The molecule has 0 spiro atoms. The molecule has 0 radical (unpaired) electrons. The Balaban J connectivity index is 2.76. The minimum atomic E-state index is -0.429. The van der Waals surface area contributed by atoms with E-state index in [1.807, 2.05) is 0 Å². The second-order valence-electron chi connectivity index (χ2n) is 4.24. The number of methoxy groups -OCH3 is 1. The van der Waals surface area contributed by atoms with Crippen LogP contribution in [0.15, 0.2) is 22.7 Å². The second kappa shape index (κ2) is 6.65. The standard InChI is InChI=1S/C13H15BrFNO3/c1-8(13(18)19-3)7-16(2)12(17)9-4-5-11(15)10(14)6-9/h4-6,8H,7H2,1-3H3. The quantitative estimate of drug-likeness (QED) is 0.796. The summed E-state index contributed by atoms with van der Waals surface area (Å²) in [6, 6.07) is 4.04. The van der Waals surface area contributed by atoms with Crippen molar-refractivity contribution >= 4 is 27.8 Å². The lowest BCUT2D eigenvalue weighted by Crippen LogP contribution is -2.34. The zero-order valence-electron chi connectivity index (χ0n) is 10.9. The molecule has 104 valence electrons. The Morgan fingerprint density at radius 2 is 2.11 bits per heavy atom. The molecule has 0 aromatic heterocycles. The predicted molar refractivity (Wildman–Crippen MR) is 72.2 cm³/mol. The van der Waals surface area contributed by atoms with E-state index in [0.29, 0.717) is 5.56 Å². The number of rotatable bonds is 4. The largest absolute Gasteiger partial charge is 0.469 e. The molecule has 0 aliphatic heterocycles. The average molecular weight is 332 g/mol. The Kier molecular flexibility index (Phi) is 5.47. The molecular weight excluding hydrogens is 317 g/mol. The summed E-state index contributed by atoms with van der Waals surface area (Å²) >= 11 is 3.03. The van der Waals surface area contributed by atoms with Crippen molar-refractivity contribution in [1.82, 2.24) is 4.90 Å². The van der Waals surface area contributed by atoms with E-state index in [1.165, 1.54) is 30.2 Å². The van der Waals surface area contributed by atoms with Gasteiger partial charge < -0.3 is 9.64 Å². The molecule has 0 bridgehead atoms. The number of benzene rings is 1. The first-order valence-electron chi connectivity index (χ1n) is 5.65. The van der Waals surface area contributed by atoms with Crippen LogP contribution in [-0.4, -0.2) is 37.5 Å². The summed E-state index contributed by atoms with van der Waals surface area (Å²) in [5, 5.41) is 0. The summed E-state index contributed by atoms with van der Waals surface area (Å²) in [5.74, 6) is -1.50. The smallest absolute Gasteiger partial charge is 0.310 e. The van der Waals surface area contributed by atoms with Crippen molar-refractivity contribution in [3.8, 4) is 0 Å². The molecule has 1 unspecified atom stereocenters. The topological polar surface area (TPSA) is 46.6 Å². The van der Waals surface area contributed by atoms with Crippen LogP contribution >= 0.6 is 15.9 Å². The fraction of sp³-hybridized carbons (Fsp3) is 0.385. The summed E-state index contributed by atoms with van der Waals surface area (Å²) in [4.78, 5) is 24.8. The third-order valence-electron chi connectivity index (χ3n) is 2.66. The fourth-order valence-electron chi connectivity index (χ4n) is 1.62. The van der Waals surface area contributed by atoms with Gasteiger partial charge >= 0.3 is 5.97 Å². The Morgan fingerprint density at radius 1 is 1.47 bits per heavy atom. The monoisotopic (exact) mass is 331 g/mol. The molecule has 6 heteroatoms. The molecule has 0 fully saturated rings. The zero-order chi connectivity index (χ0) is 14.6. The first kappa shape index (κ1) is 15.6. The molecule has 1 aromatic rings. The van der Waals surface area contributed by atoms with Crippen molar-refractivity contribution in [3.05, 3.63) is 34.1 Å². The van der Waals surface area contributed by atoms with E-state index in [9.17, 15) is 14.0 Å². The number of ether oxygens (including phenoxy) is 1. The van der Waals surface area contributed by atoms with Crippen molar-refractivity contribution in [3.63, 3.8) is 0 Å². The van der Waals surface area contributed by atoms with Crippen LogP contribution < -0.4 is 0 Å². The lowest BCUT2D eigenvalue weighted by molar-refractivity contribution is -0.145. The fourth-order valence-corrected chi connectivity index (χ4v) is 2.00. The predicted octanol–water partition coefficient (Wildman–Crippen LogP) is 2.47. The van der Waals surface area contributed by atoms with Crippen molar-refractivity contribution in [2.24, 2.45) is 5.92 Å². The first-order valence-corrected chi connectivity index (χ1v) is 6.44. The van der Waals surface area contributed by atoms with Crippen molar-refractivity contribution < 1.29 is 18.7 Å². The molecule has 0 heterocycles. The minimum absolute atomic E-state index is 0.229. The van der Waals surface area contributed by atoms with Crippen molar-refractivity contribution in [2.75, 3.05) is 20.7 Å². The highest BCUT2D eigenvalue weighted by atomic mass is 79.9. The Labute approximate surface area is 119 Å². The van der Waals surface area contributed by atoms with Crippen LogP contribution in [0.1, 0.15) is 17.3 Å². The lowest BCUT2D eigenvalue weighted by Gasteiger charge is -2.20. The van der Waals surface area contributed by atoms with Gasteiger partial charge in [-0.25, -0.2) is 4.39 Å². The maximum absolute atomic E-state index is 13.1. The van der Waals surface area contributed by atoms with Gasteiger partial charge in [0, 0.05) is 19.2 Å². The number of esters is 1. The van der Waals surface area contributed by atoms with Gasteiger partial charge in [0.2, 0.25) is 0 Å². The van der Waals surface area contributed by atoms with Crippen LogP contribution in [0.4, 0.5) is 4.39 Å². The molecule has 4 nitrogen and oxygen atoms in total. The molecule has 0 saturated heterocycles. The molecule has 0 aliphatic carbocycles. The number of carbonyl (C=O) groups excluding carboxylic acids is 2. The van der Waals surface area contributed by atoms with Gasteiger partial charge in [-0.1, -0.05) is 6.92 Å². The Bertz CT molecular complexity index is 493. The van der Waals surface area contributed by atoms with E-state index >= 15 is 0 Å². The van der Waals surface area contributed by atoms with Gasteiger partial charge in [-0.15, -0.1) is 0 Å². The van der Waals surface area contributed by atoms with Gasteiger partial charge in [-0.3, -0.25) is 9.59 Å². The molecule has 1 amide bonds. The number of nitrogens with zero attached hydrogens (tertiary/aromatic N) is 1. The number of hydrogen-bond acceptors (Lipinski definition) is 3. The average Bonchev–Trinajstić information content (AvgIpc) is 2.39. The van der Waals surface area contributed by atoms with Crippen LogP contribution in [0, 0.1) is 11.7 Å². The van der Waals surface area contributed by atoms with Crippen LogP contribution in [0.25, 0.3) is 0 Å². The number of carbonyl (C=O) groups is 2.